The standard InChI is InChI=1S/C21H20Cl2N4O3/c22-15-2-1-14-17(26-5-4-24-11-26)9-18(25-21(14)20(15)23)27-13(7-12-8-16(12)27)10-30-6-3-19(28)29/h1-2,4-5,9,11-13,16H,3,6-8,10H2,(H,28,29)/t12?,13-,16+/m0/s1. The van der Waals surface area contributed by atoms with Crippen LogP contribution < -0.4 is 4.90 Å². The van der Waals surface area contributed by atoms with Crippen LogP contribution in [-0.4, -0.2) is 50.9 Å². The number of benzene rings is 1. The summed E-state index contributed by atoms with van der Waals surface area (Å²) in [6.07, 6.45) is 7.52. The molecule has 0 radical (unpaired) electrons. The molecule has 1 aromatic carbocycles. The number of hydrogen-bond donors (Lipinski definition) is 1. The summed E-state index contributed by atoms with van der Waals surface area (Å²) in [5.74, 6) is 0.600. The normalized spacial score (nSPS) is 22.5. The number of carbonyl (C=O) groups is 1. The van der Waals surface area contributed by atoms with Crippen LogP contribution in [-0.2, 0) is 9.53 Å². The Morgan fingerprint density at radius 3 is 2.93 bits per heavy atom. The zero-order valence-corrected chi connectivity index (χ0v) is 17.6. The van der Waals surface area contributed by atoms with Gasteiger partial charge in [-0.3, -0.25) is 4.79 Å². The van der Waals surface area contributed by atoms with Gasteiger partial charge in [0, 0.05) is 29.9 Å². The van der Waals surface area contributed by atoms with E-state index in [9.17, 15) is 4.79 Å². The molecule has 2 fully saturated rings. The SMILES string of the molecule is O=C(O)CCOC[C@@H]1CC2C[C@H]2N1c1cc(-n2ccnc2)c2ccc(Cl)c(Cl)c2n1. The van der Waals surface area contributed by atoms with Gasteiger partial charge in [-0.1, -0.05) is 23.2 Å². The second kappa shape index (κ2) is 7.72. The highest BCUT2D eigenvalue weighted by molar-refractivity contribution is 6.45. The Bertz CT molecular complexity index is 1110. The minimum absolute atomic E-state index is 0.00663. The second-order valence-electron chi connectivity index (χ2n) is 7.81. The van der Waals surface area contributed by atoms with Crippen molar-refractivity contribution in [2.45, 2.75) is 31.3 Å². The predicted molar refractivity (Wildman–Crippen MR) is 115 cm³/mol. The number of imidazole rings is 1. The van der Waals surface area contributed by atoms with Gasteiger partial charge < -0.3 is 19.3 Å². The van der Waals surface area contributed by atoms with Crippen LogP contribution in [0, 0.1) is 5.92 Å². The number of rotatable bonds is 7. The minimum atomic E-state index is -0.853. The molecule has 1 N–H and O–H groups in total. The lowest BCUT2D eigenvalue weighted by molar-refractivity contribution is -0.138. The van der Waals surface area contributed by atoms with Crippen molar-refractivity contribution in [2.24, 2.45) is 5.92 Å². The number of carboxylic acid groups (broad SMARTS) is 1. The number of anilines is 1. The Balaban J connectivity index is 1.53. The zero-order valence-electron chi connectivity index (χ0n) is 16.0. The van der Waals surface area contributed by atoms with E-state index >= 15 is 0 Å². The quantitative estimate of drug-likeness (QED) is 0.548. The lowest BCUT2D eigenvalue weighted by Crippen LogP contribution is -2.37. The molecular weight excluding hydrogens is 427 g/mol. The van der Waals surface area contributed by atoms with Crippen molar-refractivity contribution in [3.63, 3.8) is 0 Å². The highest BCUT2D eigenvalue weighted by Crippen LogP contribution is 2.50. The van der Waals surface area contributed by atoms with Gasteiger partial charge in [-0.2, -0.15) is 0 Å². The van der Waals surface area contributed by atoms with Gasteiger partial charge in [0.15, 0.2) is 0 Å². The molecule has 1 saturated heterocycles. The molecule has 3 heterocycles. The maximum absolute atomic E-state index is 10.7. The smallest absolute Gasteiger partial charge is 0.305 e. The maximum atomic E-state index is 10.7. The fourth-order valence-corrected chi connectivity index (χ4v) is 4.75. The summed E-state index contributed by atoms with van der Waals surface area (Å²) in [6, 6.07) is 6.34. The van der Waals surface area contributed by atoms with Crippen LogP contribution >= 0.6 is 23.2 Å². The summed E-state index contributed by atoms with van der Waals surface area (Å²) in [6.45, 7) is 0.686. The molecular formula is C21H20Cl2N4O3. The summed E-state index contributed by atoms with van der Waals surface area (Å²) >= 11 is 12.8. The van der Waals surface area contributed by atoms with Crippen LogP contribution in [0.1, 0.15) is 19.3 Å². The van der Waals surface area contributed by atoms with Crippen molar-refractivity contribution >= 4 is 45.9 Å². The van der Waals surface area contributed by atoms with E-state index in [2.05, 4.69) is 16.0 Å². The second-order valence-corrected chi connectivity index (χ2v) is 8.59. The third-order valence-electron chi connectivity index (χ3n) is 5.87. The van der Waals surface area contributed by atoms with Crippen molar-refractivity contribution in [2.75, 3.05) is 18.1 Å². The monoisotopic (exact) mass is 446 g/mol. The molecule has 3 atom stereocenters. The number of hydrogen-bond acceptors (Lipinski definition) is 5. The fourth-order valence-electron chi connectivity index (χ4n) is 4.39. The number of pyridine rings is 1. The first-order chi connectivity index (χ1) is 14.5. The highest BCUT2D eigenvalue weighted by Gasteiger charge is 2.52. The molecule has 30 heavy (non-hydrogen) atoms. The van der Waals surface area contributed by atoms with Crippen LogP contribution in [0.5, 0.6) is 0 Å². The number of piperidine rings is 1. The molecule has 7 nitrogen and oxygen atoms in total. The van der Waals surface area contributed by atoms with Crippen LogP contribution in [0.4, 0.5) is 5.82 Å². The maximum Gasteiger partial charge on any atom is 0.305 e. The largest absolute Gasteiger partial charge is 0.481 e. The predicted octanol–water partition coefficient (Wildman–Crippen LogP) is 4.19. The molecule has 9 heteroatoms. The van der Waals surface area contributed by atoms with Gasteiger partial charge in [0.05, 0.1) is 53.3 Å². The lowest BCUT2D eigenvalue weighted by Gasteiger charge is -2.29. The molecule has 0 bridgehead atoms. The van der Waals surface area contributed by atoms with Crippen molar-refractivity contribution in [1.82, 2.24) is 14.5 Å². The first kappa shape index (κ1) is 19.6. The number of aromatic nitrogens is 3. The average molecular weight is 447 g/mol. The molecule has 1 aliphatic carbocycles. The van der Waals surface area contributed by atoms with Gasteiger partial charge in [0.2, 0.25) is 0 Å². The van der Waals surface area contributed by atoms with E-state index in [4.69, 9.17) is 38.0 Å². The van der Waals surface area contributed by atoms with E-state index in [1.54, 1.807) is 18.6 Å². The Morgan fingerprint density at radius 2 is 2.17 bits per heavy atom. The number of ether oxygens (including phenoxy) is 1. The van der Waals surface area contributed by atoms with E-state index in [-0.39, 0.29) is 19.1 Å². The number of halogens is 2. The van der Waals surface area contributed by atoms with E-state index in [1.807, 2.05) is 16.8 Å². The van der Waals surface area contributed by atoms with Gasteiger partial charge in [0.1, 0.15) is 5.82 Å². The van der Waals surface area contributed by atoms with E-state index in [1.165, 1.54) is 0 Å². The number of carboxylic acids is 1. The van der Waals surface area contributed by atoms with Crippen LogP contribution in [0.2, 0.25) is 10.0 Å². The van der Waals surface area contributed by atoms with Gasteiger partial charge in [-0.15, -0.1) is 0 Å². The molecule has 1 aliphatic heterocycles. The lowest BCUT2D eigenvalue weighted by atomic mass is 10.1. The minimum Gasteiger partial charge on any atom is -0.481 e. The van der Waals surface area contributed by atoms with Gasteiger partial charge >= 0.3 is 5.97 Å². The van der Waals surface area contributed by atoms with Gasteiger partial charge in [-0.25, -0.2) is 9.97 Å². The topological polar surface area (TPSA) is 80.5 Å². The first-order valence-corrected chi connectivity index (χ1v) is 10.6. The molecule has 2 aliphatic rings. The molecule has 3 aromatic rings. The molecule has 2 aromatic heterocycles. The van der Waals surface area contributed by atoms with E-state index in [0.717, 1.165) is 29.7 Å². The first-order valence-electron chi connectivity index (χ1n) is 9.88. The van der Waals surface area contributed by atoms with Crippen LogP contribution in [0.15, 0.2) is 36.9 Å². The molecule has 0 amide bonds. The summed E-state index contributed by atoms with van der Waals surface area (Å²) < 4.78 is 7.61. The third-order valence-corrected chi connectivity index (χ3v) is 6.66. The number of fused-ring (bicyclic) bond motifs is 2. The van der Waals surface area contributed by atoms with E-state index < -0.39 is 5.97 Å². The summed E-state index contributed by atoms with van der Waals surface area (Å²) in [5.41, 5.74) is 1.58. The average Bonchev–Trinajstić information content (AvgIpc) is 3.14. The zero-order chi connectivity index (χ0) is 20.8. The Morgan fingerprint density at radius 1 is 1.30 bits per heavy atom. The summed E-state index contributed by atoms with van der Waals surface area (Å²) in [5, 5.41) is 10.6. The van der Waals surface area contributed by atoms with Crippen molar-refractivity contribution < 1.29 is 14.6 Å². The number of aliphatic carboxylic acids is 1. The molecule has 0 spiro atoms. The van der Waals surface area contributed by atoms with Crippen LogP contribution in [0.3, 0.4) is 0 Å². The molecule has 1 unspecified atom stereocenters. The van der Waals surface area contributed by atoms with Crippen molar-refractivity contribution in [3.05, 3.63) is 47.0 Å². The molecule has 1 saturated carbocycles. The Labute approximate surface area is 183 Å². The third kappa shape index (κ3) is 3.51. The van der Waals surface area contributed by atoms with Gasteiger partial charge in [-0.05, 0) is 30.9 Å². The van der Waals surface area contributed by atoms with Crippen molar-refractivity contribution in [3.8, 4) is 5.69 Å². The Hall–Kier alpha value is -2.35. The fraction of sp³-hybridized carbons (Fsp3) is 0.381. The summed E-state index contributed by atoms with van der Waals surface area (Å²) in [4.78, 5) is 22.1. The number of nitrogens with zero attached hydrogens (tertiary/aromatic N) is 4. The highest BCUT2D eigenvalue weighted by atomic mass is 35.5. The Kier molecular flexibility index (Phi) is 5.05. The van der Waals surface area contributed by atoms with Crippen molar-refractivity contribution in [1.29, 1.82) is 0 Å². The molecule has 5 rings (SSSR count). The van der Waals surface area contributed by atoms with Gasteiger partial charge in [0.25, 0.3) is 0 Å². The summed E-state index contributed by atoms with van der Waals surface area (Å²) in [7, 11) is 0. The molecule has 156 valence electrons. The van der Waals surface area contributed by atoms with Crippen LogP contribution in [0.25, 0.3) is 16.6 Å². The van der Waals surface area contributed by atoms with E-state index in [0.29, 0.717) is 34.1 Å².